The highest BCUT2D eigenvalue weighted by atomic mass is 16.5. The van der Waals surface area contributed by atoms with E-state index in [4.69, 9.17) is 10.5 Å². The Morgan fingerprint density at radius 1 is 1.15 bits per heavy atom. The average molecular weight is 270 g/mol. The molecule has 2 rings (SSSR count). The summed E-state index contributed by atoms with van der Waals surface area (Å²) in [6.07, 6.45) is 0. The number of rotatable bonds is 4. The van der Waals surface area contributed by atoms with E-state index in [0.717, 1.165) is 5.56 Å². The van der Waals surface area contributed by atoms with Crippen LogP contribution in [0.25, 0.3) is 0 Å². The van der Waals surface area contributed by atoms with Crippen LogP contribution >= 0.6 is 0 Å². The Hall–Kier alpha value is -2.33. The molecule has 0 bridgehead atoms. The van der Waals surface area contributed by atoms with E-state index in [1.807, 2.05) is 49.4 Å². The highest BCUT2D eigenvalue weighted by Crippen LogP contribution is 2.29. The van der Waals surface area contributed by atoms with Gasteiger partial charge in [0.15, 0.2) is 5.75 Å². The molecule has 0 spiro atoms. The van der Waals surface area contributed by atoms with Gasteiger partial charge < -0.3 is 15.8 Å². The molecule has 4 nitrogen and oxygen atoms in total. The zero-order valence-electron chi connectivity index (χ0n) is 11.6. The van der Waals surface area contributed by atoms with Crippen LogP contribution in [0.5, 0.6) is 11.5 Å². The SMILES string of the molecule is CC(=O)Nc1ccccc1Oc1ccc([C@@H](C)N)cc1. The minimum Gasteiger partial charge on any atom is -0.455 e. The molecule has 0 aliphatic rings. The van der Waals surface area contributed by atoms with E-state index in [0.29, 0.717) is 17.2 Å². The van der Waals surface area contributed by atoms with Crippen molar-refractivity contribution < 1.29 is 9.53 Å². The molecule has 0 aliphatic carbocycles. The van der Waals surface area contributed by atoms with Crippen LogP contribution < -0.4 is 15.8 Å². The van der Waals surface area contributed by atoms with Gasteiger partial charge in [-0.05, 0) is 36.8 Å². The van der Waals surface area contributed by atoms with Crippen molar-refractivity contribution in [3.8, 4) is 11.5 Å². The maximum Gasteiger partial charge on any atom is 0.221 e. The van der Waals surface area contributed by atoms with Crippen molar-refractivity contribution >= 4 is 11.6 Å². The van der Waals surface area contributed by atoms with Gasteiger partial charge in [0, 0.05) is 13.0 Å². The molecule has 0 aromatic heterocycles. The van der Waals surface area contributed by atoms with Crippen LogP contribution in [0.3, 0.4) is 0 Å². The van der Waals surface area contributed by atoms with Crippen molar-refractivity contribution in [3.05, 3.63) is 54.1 Å². The Morgan fingerprint density at radius 2 is 1.80 bits per heavy atom. The lowest BCUT2D eigenvalue weighted by atomic mass is 10.1. The van der Waals surface area contributed by atoms with Gasteiger partial charge in [-0.25, -0.2) is 0 Å². The number of amides is 1. The Labute approximate surface area is 118 Å². The van der Waals surface area contributed by atoms with Crippen molar-refractivity contribution in [3.63, 3.8) is 0 Å². The third kappa shape index (κ3) is 3.59. The number of hydrogen-bond donors (Lipinski definition) is 2. The molecule has 0 saturated heterocycles. The molecule has 1 atom stereocenters. The van der Waals surface area contributed by atoms with Crippen LogP contribution in [0.15, 0.2) is 48.5 Å². The number of nitrogens with one attached hydrogen (secondary N) is 1. The summed E-state index contributed by atoms with van der Waals surface area (Å²) in [5.74, 6) is 1.18. The van der Waals surface area contributed by atoms with Gasteiger partial charge in [0.2, 0.25) is 5.91 Å². The van der Waals surface area contributed by atoms with E-state index >= 15 is 0 Å². The first kappa shape index (κ1) is 14.1. The Balaban J connectivity index is 2.19. The third-order valence-corrected chi connectivity index (χ3v) is 2.83. The number of nitrogens with two attached hydrogens (primary N) is 1. The minimum atomic E-state index is -0.131. The molecule has 0 aliphatic heterocycles. The fourth-order valence-corrected chi connectivity index (χ4v) is 1.81. The van der Waals surface area contributed by atoms with Gasteiger partial charge in [-0.1, -0.05) is 24.3 Å². The van der Waals surface area contributed by atoms with Gasteiger partial charge in [0.1, 0.15) is 5.75 Å². The number of benzene rings is 2. The van der Waals surface area contributed by atoms with Crippen molar-refractivity contribution in [2.45, 2.75) is 19.9 Å². The molecular formula is C16H18N2O2. The molecule has 3 N–H and O–H groups in total. The molecule has 2 aromatic rings. The van der Waals surface area contributed by atoms with Gasteiger partial charge in [-0.15, -0.1) is 0 Å². The quantitative estimate of drug-likeness (QED) is 0.894. The number of anilines is 1. The van der Waals surface area contributed by atoms with Gasteiger partial charge in [0.05, 0.1) is 5.69 Å². The van der Waals surface area contributed by atoms with E-state index in [2.05, 4.69) is 5.32 Å². The summed E-state index contributed by atoms with van der Waals surface area (Å²) in [5, 5.41) is 2.74. The highest BCUT2D eigenvalue weighted by Gasteiger charge is 2.06. The lowest BCUT2D eigenvalue weighted by Crippen LogP contribution is -2.07. The fraction of sp³-hybridized carbons (Fsp3) is 0.188. The zero-order valence-corrected chi connectivity index (χ0v) is 11.6. The summed E-state index contributed by atoms with van der Waals surface area (Å²) in [6.45, 7) is 3.40. The zero-order chi connectivity index (χ0) is 14.5. The van der Waals surface area contributed by atoms with E-state index in [1.165, 1.54) is 6.92 Å². The molecule has 20 heavy (non-hydrogen) atoms. The standard InChI is InChI=1S/C16H18N2O2/c1-11(17)13-7-9-14(10-8-13)20-16-6-4-3-5-15(16)18-12(2)19/h3-11H,17H2,1-2H3,(H,18,19)/t11-/m1/s1. The normalized spacial score (nSPS) is 11.8. The Kier molecular flexibility index (Phi) is 4.38. The van der Waals surface area contributed by atoms with E-state index in [9.17, 15) is 4.79 Å². The first-order chi connectivity index (χ1) is 9.56. The maximum atomic E-state index is 11.2. The third-order valence-electron chi connectivity index (χ3n) is 2.83. The summed E-state index contributed by atoms with van der Waals surface area (Å²) in [6, 6.07) is 14.9. The molecule has 0 saturated carbocycles. The monoisotopic (exact) mass is 270 g/mol. The number of carbonyl (C=O) groups is 1. The second-order valence-electron chi connectivity index (χ2n) is 4.64. The predicted molar refractivity (Wildman–Crippen MR) is 79.9 cm³/mol. The van der Waals surface area contributed by atoms with E-state index < -0.39 is 0 Å². The number of carbonyl (C=O) groups excluding carboxylic acids is 1. The minimum absolute atomic E-state index is 0.00397. The van der Waals surface area contributed by atoms with Crippen LogP contribution in [-0.2, 0) is 4.79 Å². The molecule has 0 fully saturated rings. The fourth-order valence-electron chi connectivity index (χ4n) is 1.81. The van der Waals surface area contributed by atoms with Crippen molar-refractivity contribution in [2.24, 2.45) is 5.73 Å². The topological polar surface area (TPSA) is 64.3 Å². The summed E-state index contributed by atoms with van der Waals surface area (Å²) >= 11 is 0. The molecule has 0 heterocycles. The van der Waals surface area contributed by atoms with Crippen LogP contribution in [-0.4, -0.2) is 5.91 Å². The highest BCUT2D eigenvalue weighted by molar-refractivity contribution is 5.90. The second-order valence-corrected chi connectivity index (χ2v) is 4.64. The number of hydrogen-bond acceptors (Lipinski definition) is 3. The molecule has 0 radical (unpaired) electrons. The maximum absolute atomic E-state index is 11.2. The molecule has 4 heteroatoms. The predicted octanol–water partition coefficient (Wildman–Crippen LogP) is 3.46. The van der Waals surface area contributed by atoms with Crippen LogP contribution in [0.1, 0.15) is 25.5 Å². The van der Waals surface area contributed by atoms with Crippen molar-refractivity contribution in [1.29, 1.82) is 0 Å². The molecule has 1 amide bonds. The Bertz CT molecular complexity index is 592. The van der Waals surface area contributed by atoms with Crippen LogP contribution in [0, 0.1) is 0 Å². The van der Waals surface area contributed by atoms with E-state index in [-0.39, 0.29) is 11.9 Å². The first-order valence-electron chi connectivity index (χ1n) is 6.46. The van der Waals surface area contributed by atoms with Gasteiger partial charge >= 0.3 is 0 Å². The summed E-state index contributed by atoms with van der Waals surface area (Å²) in [7, 11) is 0. The van der Waals surface area contributed by atoms with Crippen molar-refractivity contribution in [2.75, 3.05) is 5.32 Å². The number of para-hydroxylation sites is 2. The van der Waals surface area contributed by atoms with E-state index in [1.54, 1.807) is 6.07 Å². The molecule has 0 unspecified atom stereocenters. The Morgan fingerprint density at radius 3 is 2.40 bits per heavy atom. The van der Waals surface area contributed by atoms with Crippen LogP contribution in [0.4, 0.5) is 5.69 Å². The smallest absolute Gasteiger partial charge is 0.221 e. The molecule has 2 aromatic carbocycles. The lowest BCUT2D eigenvalue weighted by Gasteiger charge is -2.12. The van der Waals surface area contributed by atoms with Gasteiger partial charge in [-0.3, -0.25) is 4.79 Å². The summed E-state index contributed by atoms with van der Waals surface area (Å²) in [4.78, 5) is 11.2. The average Bonchev–Trinajstić information content (AvgIpc) is 2.41. The van der Waals surface area contributed by atoms with Crippen LogP contribution in [0.2, 0.25) is 0 Å². The largest absolute Gasteiger partial charge is 0.455 e. The second kappa shape index (κ2) is 6.21. The number of ether oxygens (including phenoxy) is 1. The lowest BCUT2D eigenvalue weighted by molar-refractivity contribution is -0.114. The first-order valence-corrected chi connectivity index (χ1v) is 6.46. The molecular weight excluding hydrogens is 252 g/mol. The van der Waals surface area contributed by atoms with Gasteiger partial charge in [-0.2, -0.15) is 0 Å². The summed E-state index contributed by atoms with van der Waals surface area (Å²) in [5.41, 5.74) is 7.50. The molecule has 104 valence electrons. The summed E-state index contributed by atoms with van der Waals surface area (Å²) < 4.78 is 5.79. The van der Waals surface area contributed by atoms with Gasteiger partial charge in [0.25, 0.3) is 0 Å². The van der Waals surface area contributed by atoms with Crippen molar-refractivity contribution in [1.82, 2.24) is 0 Å².